The standard InChI is InChI=1S/C16H13F4N/c17-14-3-1-2-13-12(14)8-9-15(13)21-11-6-4-10(5-7-11)16(18,19)20/h1-7,15,21H,8-9H2. The van der Waals surface area contributed by atoms with Crippen LogP contribution in [0.3, 0.4) is 0 Å². The van der Waals surface area contributed by atoms with Gasteiger partial charge in [0.1, 0.15) is 5.82 Å². The van der Waals surface area contributed by atoms with Crippen LogP contribution in [-0.2, 0) is 12.6 Å². The van der Waals surface area contributed by atoms with Gasteiger partial charge in [-0.3, -0.25) is 0 Å². The summed E-state index contributed by atoms with van der Waals surface area (Å²) in [7, 11) is 0. The molecule has 3 rings (SSSR count). The van der Waals surface area contributed by atoms with Gasteiger partial charge in [0, 0.05) is 5.69 Å². The number of nitrogens with one attached hydrogen (secondary N) is 1. The molecule has 1 nitrogen and oxygen atoms in total. The van der Waals surface area contributed by atoms with Gasteiger partial charge in [0.25, 0.3) is 0 Å². The zero-order chi connectivity index (χ0) is 15.0. The highest BCUT2D eigenvalue weighted by atomic mass is 19.4. The van der Waals surface area contributed by atoms with E-state index in [1.54, 1.807) is 6.07 Å². The van der Waals surface area contributed by atoms with E-state index < -0.39 is 11.7 Å². The molecule has 1 aliphatic rings. The van der Waals surface area contributed by atoms with Gasteiger partial charge in [-0.1, -0.05) is 12.1 Å². The molecule has 0 fully saturated rings. The van der Waals surface area contributed by atoms with Crippen molar-refractivity contribution in [1.82, 2.24) is 0 Å². The van der Waals surface area contributed by atoms with Crippen molar-refractivity contribution in [3.8, 4) is 0 Å². The van der Waals surface area contributed by atoms with Crippen LogP contribution in [0.25, 0.3) is 0 Å². The van der Waals surface area contributed by atoms with Gasteiger partial charge in [0.2, 0.25) is 0 Å². The van der Waals surface area contributed by atoms with Crippen LogP contribution in [0.1, 0.15) is 29.2 Å². The monoisotopic (exact) mass is 295 g/mol. The summed E-state index contributed by atoms with van der Waals surface area (Å²) in [6.07, 6.45) is -2.96. The average Bonchev–Trinajstić information content (AvgIpc) is 2.83. The molecule has 2 aromatic rings. The molecule has 1 atom stereocenters. The van der Waals surface area contributed by atoms with E-state index in [0.29, 0.717) is 17.7 Å². The van der Waals surface area contributed by atoms with Crippen LogP contribution in [0.15, 0.2) is 42.5 Å². The van der Waals surface area contributed by atoms with Crippen molar-refractivity contribution >= 4 is 5.69 Å². The molecule has 110 valence electrons. The molecule has 1 unspecified atom stereocenters. The van der Waals surface area contributed by atoms with Crippen LogP contribution in [0.2, 0.25) is 0 Å². The van der Waals surface area contributed by atoms with Crippen molar-refractivity contribution in [1.29, 1.82) is 0 Å². The Morgan fingerprint density at radius 3 is 2.38 bits per heavy atom. The fourth-order valence-corrected chi connectivity index (χ4v) is 2.72. The summed E-state index contributed by atoms with van der Waals surface area (Å²) in [6, 6.07) is 9.77. The van der Waals surface area contributed by atoms with Crippen molar-refractivity contribution in [3.05, 3.63) is 65.0 Å². The van der Waals surface area contributed by atoms with E-state index in [1.165, 1.54) is 18.2 Å². The van der Waals surface area contributed by atoms with Crippen molar-refractivity contribution in [2.75, 3.05) is 5.32 Å². The quantitative estimate of drug-likeness (QED) is 0.773. The van der Waals surface area contributed by atoms with Crippen LogP contribution in [-0.4, -0.2) is 0 Å². The van der Waals surface area contributed by atoms with Crippen LogP contribution in [0.5, 0.6) is 0 Å². The fourth-order valence-electron chi connectivity index (χ4n) is 2.72. The Kier molecular flexibility index (Phi) is 3.35. The van der Waals surface area contributed by atoms with Crippen molar-refractivity contribution in [3.63, 3.8) is 0 Å². The summed E-state index contributed by atoms with van der Waals surface area (Å²) in [4.78, 5) is 0. The Morgan fingerprint density at radius 2 is 1.71 bits per heavy atom. The first-order valence-electron chi connectivity index (χ1n) is 6.66. The highest BCUT2D eigenvalue weighted by Crippen LogP contribution is 2.36. The highest BCUT2D eigenvalue weighted by molar-refractivity contribution is 5.49. The Labute approximate surface area is 119 Å². The van der Waals surface area contributed by atoms with E-state index in [0.717, 1.165) is 24.1 Å². The lowest BCUT2D eigenvalue weighted by molar-refractivity contribution is -0.137. The molecule has 0 aromatic heterocycles. The Balaban J connectivity index is 1.79. The van der Waals surface area contributed by atoms with E-state index in [4.69, 9.17) is 0 Å². The number of fused-ring (bicyclic) bond motifs is 1. The number of halogens is 4. The zero-order valence-electron chi connectivity index (χ0n) is 11.0. The number of rotatable bonds is 2. The average molecular weight is 295 g/mol. The predicted octanol–water partition coefficient (Wildman–Crippen LogP) is 4.94. The molecule has 5 heteroatoms. The second kappa shape index (κ2) is 5.06. The third-order valence-corrected chi connectivity index (χ3v) is 3.77. The maximum Gasteiger partial charge on any atom is 0.416 e. The summed E-state index contributed by atoms with van der Waals surface area (Å²) in [5.74, 6) is -0.218. The third kappa shape index (κ3) is 2.73. The number of hydrogen-bond donors (Lipinski definition) is 1. The molecule has 0 radical (unpaired) electrons. The lowest BCUT2D eigenvalue weighted by Gasteiger charge is -2.16. The third-order valence-electron chi connectivity index (χ3n) is 3.77. The Morgan fingerprint density at radius 1 is 1.00 bits per heavy atom. The smallest absolute Gasteiger partial charge is 0.378 e. The molecule has 21 heavy (non-hydrogen) atoms. The summed E-state index contributed by atoms with van der Waals surface area (Å²) in [5, 5.41) is 3.17. The van der Waals surface area contributed by atoms with Gasteiger partial charge in [-0.25, -0.2) is 4.39 Å². The van der Waals surface area contributed by atoms with Gasteiger partial charge >= 0.3 is 6.18 Å². The van der Waals surface area contributed by atoms with Crippen LogP contribution < -0.4 is 5.32 Å². The molecule has 2 aromatic carbocycles. The SMILES string of the molecule is Fc1cccc2c1CCC2Nc1ccc(C(F)(F)F)cc1. The van der Waals surface area contributed by atoms with E-state index in [1.807, 2.05) is 6.07 Å². The van der Waals surface area contributed by atoms with Crippen molar-refractivity contribution in [2.24, 2.45) is 0 Å². The maximum atomic E-state index is 13.6. The minimum absolute atomic E-state index is 0.0626. The molecular formula is C16H13F4N. The Bertz CT molecular complexity index is 646. The summed E-state index contributed by atoms with van der Waals surface area (Å²) < 4.78 is 51.1. The predicted molar refractivity (Wildman–Crippen MR) is 72.5 cm³/mol. The van der Waals surface area contributed by atoms with E-state index in [9.17, 15) is 17.6 Å². The lowest BCUT2D eigenvalue weighted by atomic mass is 10.1. The number of benzene rings is 2. The van der Waals surface area contributed by atoms with E-state index in [-0.39, 0.29) is 11.9 Å². The molecule has 0 aliphatic heterocycles. The highest BCUT2D eigenvalue weighted by Gasteiger charge is 2.30. The first kappa shape index (κ1) is 13.9. The fraction of sp³-hybridized carbons (Fsp3) is 0.250. The molecule has 0 saturated heterocycles. The zero-order valence-corrected chi connectivity index (χ0v) is 11.0. The molecule has 1 aliphatic carbocycles. The number of hydrogen-bond acceptors (Lipinski definition) is 1. The maximum absolute atomic E-state index is 13.6. The minimum atomic E-state index is -4.33. The topological polar surface area (TPSA) is 12.0 Å². The van der Waals surface area contributed by atoms with E-state index >= 15 is 0 Å². The van der Waals surface area contributed by atoms with Gasteiger partial charge in [0.15, 0.2) is 0 Å². The van der Waals surface area contributed by atoms with Gasteiger partial charge in [-0.05, 0) is 54.3 Å². The number of anilines is 1. The lowest BCUT2D eigenvalue weighted by Crippen LogP contribution is -2.08. The molecule has 0 amide bonds. The molecule has 0 saturated carbocycles. The van der Waals surface area contributed by atoms with Gasteiger partial charge in [-0.2, -0.15) is 13.2 Å². The molecule has 1 N–H and O–H groups in total. The van der Waals surface area contributed by atoms with Crippen molar-refractivity contribution < 1.29 is 17.6 Å². The van der Waals surface area contributed by atoms with Gasteiger partial charge in [-0.15, -0.1) is 0 Å². The Hall–Kier alpha value is -2.04. The second-order valence-electron chi connectivity index (χ2n) is 5.12. The largest absolute Gasteiger partial charge is 0.416 e. The minimum Gasteiger partial charge on any atom is -0.378 e. The van der Waals surface area contributed by atoms with Gasteiger partial charge < -0.3 is 5.32 Å². The molecular weight excluding hydrogens is 282 g/mol. The molecule has 0 spiro atoms. The van der Waals surface area contributed by atoms with Crippen molar-refractivity contribution in [2.45, 2.75) is 25.1 Å². The summed E-state index contributed by atoms with van der Waals surface area (Å²) in [5.41, 5.74) is 1.51. The summed E-state index contributed by atoms with van der Waals surface area (Å²) >= 11 is 0. The van der Waals surface area contributed by atoms with Gasteiger partial charge in [0.05, 0.1) is 11.6 Å². The van der Waals surface area contributed by atoms with Crippen LogP contribution >= 0.6 is 0 Å². The van der Waals surface area contributed by atoms with Crippen LogP contribution in [0, 0.1) is 5.82 Å². The first-order valence-corrected chi connectivity index (χ1v) is 6.66. The number of alkyl halides is 3. The normalized spacial score (nSPS) is 17.6. The molecule has 0 bridgehead atoms. The van der Waals surface area contributed by atoms with Crippen LogP contribution in [0.4, 0.5) is 23.2 Å². The van der Waals surface area contributed by atoms with E-state index in [2.05, 4.69) is 5.32 Å². The molecule has 0 heterocycles. The first-order chi connectivity index (χ1) is 9.95. The summed E-state index contributed by atoms with van der Waals surface area (Å²) in [6.45, 7) is 0. The second-order valence-corrected chi connectivity index (χ2v) is 5.12.